The third-order valence-electron chi connectivity index (χ3n) is 5.83. The first-order valence-electron chi connectivity index (χ1n) is 10.6. The molecule has 3 aromatic rings. The zero-order valence-corrected chi connectivity index (χ0v) is 18.4. The van der Waals surface area contributed by atoms with Crippen LogP contribution in [0.25, 0.3) is 11.0 Å². The van der Waals surface area contributed by atoms with Crippen LogP contribution in [0.2, 0.25) is 5.02 Å². The van der Waals surface area contributed by atoms with Crippen LogP contribution in [-0.2, 0) is 18.4 Å². The van der Waals surface area contributed by atoms with Crippen molar-refractivity contribution in [1.29, 1.82) is 0 Å². The van der Waals surface area contributed by atoms with Crippen LogP contribution in [0.1, 0.15) is 6.42 Å². The number of carbonyl (C=O) groups excluding carboxylic acids is 1. The van der Waals surface area contributed by atoms with Gasteiger partial charge >= 0.3 is 5.69 Å². The zero-order valence-electron chi connectivity index (χ0n) is 17.7. The monoisotopic (exact) mass is 442 g/mol. The molecule has 164 valence electrons. The fraction of sp³-hybridized carbons (Fsp3) is 0.391. The van der Waals surface area contributed by atoms with Gasteiger partial charge in [-0.1, -0.05) is 35.9 Å². The normalized spacial score (nSPS) is 14.8. The van der Waals surface area contributed by atoms with Gasteiger partial charge < -0.3 is 9.64 Å². The van der Waals surface area contributed by atoms with Crippen LogP contribution in [0.5, 0.6) is 5.75 Å². The summed E-state index contributed by atoms with van der Waals surface area (Å²) in [5, 5.41) is 0.614. The quantitative estimate of drug-likeness (QED) is 0.564. The van der Waals surface area contributed by atoms with Gasteiger partial charge in [0.1, 0.15) is 12.4 Å². The van der Waals surface area contributed by atoms with E-state index < -0.39 is 0 Å². The molecular weight excluding hydrogens is 416 g/mol. The average molecular weight is 443 g/mol. The molecular formula is C23H27ClN4O3. The van der Waals surface area contributed by atoms with Crippen molar-refractivity contribution in [2.45, 2.75) is 13.0 Å². The van der Waals surface area contributed by atoms with Crippen LogP contribution in [0.15, 0.2) is 53.3 Å². The van der Waals surface area contributed by atoms with Gasteiger partial charge in [0.25, 0.3) is 0 Å². The SMILES string of the molecule is Cn1c(=O)n(CCC(=O)N2CCN(CCOc3ccccc3Cl)CC2)c2ccccc21. The molecule has 0 bridgehead atoms. The third-order valence-corrected chi connectivity index (χ3v) is 6.14. The lowest BCUT2D eigenvalue weighted by Crippen LogP contribution is -2.49. The second kappa shape index (κ2) is 9.58. The molecule has 1 aromatic heterocycles. The van der Waals surface area contributed by atoms with E-state index in [1.165, 1.54) is 0 Å². The number of carbonyl (C=O) groups is 1. The van der Waals surface area contributed by atoms with Gasteiger partial charge in [-0.3, -0.25) is 18.8 Å². The maximum absolute atomic E-state index is 12.7. The molecule has 0 aliphatic carbocycles. The molecule has 2 heterocycles. The number of hydrogen-bond acceptors (Lipinski definition) is 4. The fourth-order valence-corrected chi connectivity index (χ4v) is 4.20. The number of amides is 1. The number of hydrogen-bond donors (Lipinski definition) is 0. The van der Waals surface area contributed by atoms with Crippen molar-refractivity contribution in [3.05, 3.63) is 64.0 Å². The largest absolute Gasteiger partial charge is 0.491 e. The van der Waals surface area contributed by atoms with Crippen molar-refractivity contribution in [3.63, 3.8) is 0 Å². The van der Waals surface area contributed by atoms with E-state index in [1.54, 1.807) is 16.2 Å². The number of halogens is 1. The minimum Gasteiger partial charge on any atom is -0.491 e. The summed E-state index contributed by atoms with van der Waals surface area (Å²) in [5.41, 5.74) is 1.66. The minimum atomic E-state index is -0.0858. The van der Waals surface area contributed by atoms with Crippen molar-refractivity contribution in [3.8, 4) is 5.75 Å². The van der Waals surface area contributed by atoms with Gasteiger partial charge in [0.2, 0.25) is 5.91 Å². The Balaban J connectivity index is 1.24. The Hall–Kier alpha value is -2.77. The first-order chi connectivity index (χ1) is 15.0. The Kier molecular flexibility index (Phi) is 6.63. The Bertz CT molecular complexity index is 1120. The van der Waals surface area contributed by atoms with E-state index in [4.69, 9.17) is 16.3 Å². The lowest BCUT2D eigenvalue weighted by atomic mass is 10.2. The summed E-state index contributed by atoms with van der Waals surface area (Å²) in [4.78, 5) is 29.4. The van der Waals surface area contributed by atoms with E-state index in [0.717, 1.165) is 30.7 Å². The highest BCUT2D eigenvalue weighted by Gasteiger charge is 2.21. The number of aryl methyl sites for hydroxylation is 2. The lowest BCUT2D eigenvalue weighted by Gasteiger charge is -2.34. The molecule has 0 saturated carbocycles. The molecule has 2 aromatic carbocycles. The van der Waals surface area contributed by atoms with Crippen molar-refractivity contribution in [1.82, 2.24) is 18.9 Å². The lowest BCUT2D eigenvalue weighted by molar-refractivity contribution is -0.133. The predicted octanol–water partition coefficient (Wildman–Crippen LogP) is 2.61. The average Bonchev–Trinajstić information content (AvgIpc) is 3.04. The van der Waals surface area contributed by atoms with Crippen LogP contribution in [0.3, 0.4) is 0 Å². The highest BCUT2D eigenvalue weighted by atomic mass is 35.5. The van der Waals surface area contributed by atoms with Gasteiger partial charge in [-0.25, -0.2) is 4.79 Å². The van der Waals surface area contributed by atoms with E-state index in [0.29, 0.717) is 43.4 Å². The van der Waals surface area contributed by atoms with Crippen molar-refractivity contribution in [2.24, 2.45) is 7.05 Å². The smallest absolute Gasteiger partial charge is 0.328 e. The second-order valence-electron chi connectivity index (χ2n) is 7.73. The first kappa shape index (κ1) is 21.5. The molecule has 1 aliphatic heterocycles. The summed E-state index contributed by atoms with van der Waals surface area (Å²) in [5.74, 6) is 0.786. The van der Waals surface area contributed by atoms with Gasteiger partial charge in [0.05, 0.1) is 16.1 Å². The Morgan fingerprint density at radius 2 is 1.65 bits per heavy atom. The summed E-state index contributed by atoms with van der Waals surface area (Å²) in [6.07, 6.45) is 0.323. The Labute approximate surface area is 186 Å². The molecule has 0 N–H and O–H groups in total. The van der Waals surface area contributed by atoms with Gasteiger partial charge in [-0.2, -0.15) is 0 Å². The maximum Gasteiger partial charge on any atom is 0.328 e. The standard InChI is InChI=1S/C23H27ClN4O3/c1-25-19-7-3-4-8-20(19)28(23(25)30)11-10-22(29)27-14-12-26(13-15-27)16-17-31-21-9-5-2-6-18(21)24/h2-9H,10-17H2,1H3. The third kappa shape index (κ3) is 4.78. The van der Waals surface area contributed by atoms with Crippen LogP contribution in [0.4, 0.5) is 0 Å². The number of para-hydroxylation sites is 3. The number of aromatic nitrogens is 2. The van der Waals surface area contributed by atoms with Gasteiger partial charge in [-0.15, -0.1) is 0 Å². The molecule has 7 nitrogen and oxygen atoms in total. The molecule has 0 spiro atoms. The number of piperazine rings is 1. The summed E-state index contributed by atoms with van der Waals surface area (Å²) in [7, 11) is 1.76. The van der Waals surface area contributed by atoms with Gasteiger partial charge in [0.15, 0.2) is 0 Å². The van der Waals surface area contributed by atoms with Crippen molar-refractivity contribution >= 4 is 28.5 Å². The number of rotatable bonds is 7. The summed E-state index contributed by atoms with van der Waals surface area (Å²) in [6, 6.07) is 15.1. The zero-order chi connectivity index (χ0) is 21.8. The summed E-state index contributed by atoms with van der Waals surface area (Å²) < 4.78 is 9.08. The Morgan fingerprint density at radius 1 is 0.968 bits per heavy atom. The number of imidazole rings is 1. The van der Waals surface area contributed by atoms with Crippen LogP contribution >= 0.6 is 11.6 Å². The predicted molar refractivity (Wildman–Crippen MR) is 122 cm³/mol. The molecule has 0 unspecified atom stereocenters. The van der Waals surface area contributed by atoms with E-state index in [1.807, 2.05) is 53.4 Å². The molecule has 1 saturated heterocycles. The van der Waals surface area contributed by atoms with Crippen molar-refractivity contribution < 1.29 is 9.53 Å². The molecule has 8 heteroatoms. The number of nitrogens with zero attached hydrogens (tertiary/aromatic N) is 4. The summed E-state index contributed by atoms with van der Waals surface area (Å²) >= 11 is 6.11. The van der Waals surface area contributed by atoms with E-state index in [9.17, 15) is 9.59 Å². The van der Waals surface area contributed by atoms with Crippen LogP contribution in [-0.4, -0.2) is 64.2 Å². The molecule has 0 atom stereocenters. The number of ether oxygens (including phenoxy) is 1. The highest BCUT2D eigenvalue weighted by Crippen LogP contribution is 2.23. The van der Waals surface area contributed by atoms with Crippen molar-refractivity contribution in [2.75, 3.05) is 39.3 Å². The molecule has 1 fully saturated rings. The topological polar surface area (TPSA) is 59.7 Å². The highest BCUT2D eigenvalue weighted by molar-refractivity contribution is 6.32. The summed E-state index contributed by atoms with van der Waals surface area (Å²) in [6.45, 7) is 4.74. The number of fused-ring (bicyclic) bond motifs is 1. The number of benzene rings is 2. The molecule has 0 radical (unpaired) electrons. The van der Waals surface area contributed by atoms with Gasteiger partial charge in [0, 0.05) is 52.7 Å². The van der Waals surface area contributed by atoms with Gasteiger partial charge in [-0.05, 0) is 24.3 Å². The van der Waals surface area contributed by atoms with Crippen LogP contribution in [0, 0.1) is 0 Å². The first-order valence-corrected chi connectivity index (χ1v) is 10.9. The van der Waals surface area contributed by atoms with E-state index in [-0.39, 0.29) is 11.6 Å². The van der Waals surface area contributed by atoms with E-state index >= 15 is 0 Å². The molecule has 4 rings (SSSR count). The van der Waals surface area contributed by atoms with Crippen LogP contribution < -0.4 is 10.4 Å². The molecule has 1 aliphatic rings. The maximum atomic E-state index is 12.7. The molecule has 1 amide bonds. The second-order valence-corrected chi connectivity index (χ2v) is 8.14. The minimum absolute atomic E-state index is 0.0858. The van der Waals surface area contributed by atoms with E-state index in [2.05, 4.69) is 4.90 Å². The Morgan fingerprint density at radius 3 is 2.39 bits per heavy atom. The molecule has 31 heavy (non-hydrogen) atoms. The fourth-order valence-electron chi connectivity index (χ4n) is 4.01.